The second-order valence-electron chi connectivity index (χ2n) is 16.2. The highest BCUT2D eigenvalue weighted by Crippen LogP contribution is 2.41. The van der Waals surface area contributed by atoms with Crippen molar-refractivity contribution in [1.29, 1.82) is 0 Å². The molecular weight excluding hydrogens is 777 g/mol. The normalized spacial score (nSPS) is 11.4. The van der Waals surface area contributed by atoms with Crippen molar-refractivity contribution in [3.8, 4) is 78.7 Å². The molecule has 0 bridgehead atoms. The minimum atomic E-state index is 0.797. The molecule has 12 aromatic rings. The first-order valence-electron chi connectivity index (χ1n) is 21.7. The Balaban J connectivity index is 0.887. The first-order valence-corrected chi connectivity index (χ1v) is 21.7. The van der Waals surface area contributed by atoms with Gasteiger partial charge < -0.3 is 4.57 Å². The van der Waals surface area contributed by atoms with Crippen LogP contribution in [0, 0.1) is 0 Å². The van der Waals surface area contributed by atoms with Crippen LogP contribution in [0.15, 0.2) is 243 Å². The van der Waals surface area contributed by atoms with E-state index in [2.05, 4.69) is 215 Å². The van der Waals surface area contributed by atoms with E-state index in [4.69, 9.17) is 10.2 Å². The van der Waals surface area contributed by atoms with Gasteiger partial charge in [0.15, 0.2) is 11.6 Å². The standard InChI is InChI=1S/C60H40N4/c1-3-16-44(17-4-1)59-61-62-60(64(59)49-19-5-2-6-20-49)45-30-28-42(29-31-45)51-21-9-11-23-53(51)54-24-12-10-22-52(54)43-33-36-50(37-34-43)63-57-26-14-13-25-55(57)56-40-48(35-38-58(56)63)47-32-27-41-15-7-8-18-46(41)39-47/h1-40H. The van der Waals surface area contributed by atoms with Gasteiger partial charge in [-0.05, 0) is 104 Å². The lowest BCUT2D eigenvalue weighted by Gasteiger charge is -2.16. The number of aromatic nitrogens is 4. The van der Waals surface area contributed by atoms with Crippen LogP contribution in [-0.2, 0) is 0 Å². The van der Waals surface area contributed by atoms with E-state index in [1.54, 1.807) is 0 Å². The zero-order valence-corrected chi connectivity index (χ0v) is 34.9. The highest BCUT2D eigenvalue weighted by molar-refractivity contribution is 6.10. The molecule has 2 heterocycles. The monoisotopic (exact) mass is 816 g/mol. The van der Waals surface area contributed by atoms with E-state index in [0.29, 0.717) is 0 Å². The van der Waals surface area contributed by atoms with Crippen molar-refractivity contribution in [2.24, 2.45) is 0 Å². The van der Waals surface area contributed by atoms with Gasteiger partial charge in [-0.25, -0.2) is 0 Å². The quantitative estimate of drug-likeness (QED) is 0.153. The van der Waals surface area contributed by atoms with Crippen LogP contribution < -0.4 is 0 Å². The van der Waals surface area contributed by atoms with Crippen molar-refractivity contribution in [3.63, 3.8) is 0 Å². The predicted octanol–water partition coefficient (Wildman–Crippen LogP) is 15.5. The summed E-state index contributed by atoms with van der Waals surface area (Å²) in [5.41, 5.74) is 16.0. The lowest BCUT2D eigenvalue weighted by atomic mass is 9.89. The second-order valence-corrected chi connectivity index (χ2v) is 16.2. The van der Waals surface area contributed by atoms with E-state index in [-0.39, 0.29) is 0 Å². The Morgan fingerprint density at radius 3 is 1.39 bits per heavy atom. The molecule has 0 atom stereocenters. The molecule has 0 amide bonds. The molecule has 0 saturated carbocycles. The molecule has 4 heteroatoms. The van der Waals surface area contributed by atoms with Gasteiger partial charge in [-0.1, -0.05) is 194 Å². The molecule has 12 rings (SSSR count). The predicted molar refractivity (Wildman–Crippen MR) is 266 cm³/mol. The highest BCUT2D eigenvalue weighted by Gasteiger charge is 2.19. The Morgan fingerprint density at radius 1 is 0.250 bits per heavy atom. The van der Waals surface area contributed by atoms with Gasteiger partial charge in [0.05, 0.1) is 11.0 Å². The van der Waals surface area contributed by atoms with Crippen LogP contribution in [0.5, 0.6) is 0 Å². The minimum Gasteiger partial charge on any atom is -0.309 e. The molecule has 2 aromatic heterocycles. The van der Waals surface area contributed by atoms with E-state index in [1.165, 1.54) is 71.5 Å². The maximum Gasteiger partial charge on any atom is 0.168 e. The third-order valence-corrected chi connectivity index (χ3v) is 12.5. The van der Waals surface area contributed by atoms with Crippen molar-refractivity contribution < 1.29 is 0 Å². The van der Waals surface area contributed by atoms with Crippen LogP contribution in [0.1, 0.15) is 0 Å². The second kappa shape index (κ2) is 15.7. The van der Waals surface area contributed by atoms with Gasteiger partial charge >= 0.3 is 0 Å². The summed E-state index contributed by atoms with van der Waals surface area (Å²) in [7, 11) is 0. The largest absolute Gasteiger partial charge is 0.309 e. The van der Waals surface area contributed by atoms with Crippen LogP contribution in [0.25, 0.3) is 111 Å². The molecule has 300 valence electrons. The van der Waals surface area contributed by atoms with E-state index >= 15 is 0 Å². The Labute approximate surface area is 371 Å². The molecular formula is C60H40N4. The van der Waals surface area contributed by atoms with Gasteiger partial charge in [0, 0.05) is 33.3 Å². The van der Waals surface area contributed by atoms with Gasteiger partial charge in [0.2, 0.25) is 0 Å². The van der Waals surface area contributed by atoms with Crippen LogP contribution in [-0.4, -0.2) is 19.3 Å². The third kappa shape index (κ3) is 6.48. The van der Waals surface area contributed by atoms with Crippen molar-refractivity contribution in [2.45, 2.75) is 0 Å². The van der Waals surface area contributed by atoms with E-state index in [0.717, 1.165) is 39.7 Å². The van der Waals surface area contributed by atoms with Gasteiger partial charge in [-0.15, -0.1) is 10.2 Å². The molecule has 64 heavy (non-hydrogen) atoms. The topological polar surface area (TPSA) is 35.6 Å². The van der Waals surface area contributed by atoms with Crippen molar-refractivity contribution in [2.75, 3.05) is 0 Å². The van der Waals surface area contributed by atoms with E-state index in [9.17, 15) is 0 Å². The first kappa shape index (κ1) is 37.2. The maximum absolute atomic E-state index is 4.74. The van der Waals surface area contributed by atoms with E-state index in [1.807, 2.05) is 36.4 Å². The van der Waals surface area contributed by atoms with Crippen molar-refractivity contribution in [3.05, 3.63) is 243 Å². The molecule has 0 fully saturated rings. The summed E-state index contributed by atoms with van der Waals surface area (Å²) in [6.07, 6.45) is 0. The molecule has 0 radical (unpaired) electrons. The van der Waals surface area contributed by atoms with Crippen LogP contribution in [0.3, 0.4) is 0 Å². The smallest absolute Gasteiger partial charge is 0.168 e. The fourth-order valence-electron chi connectivity index (χ4n) is 9.39. The molecule has 4 nitrogen and oxygen atoms in total. The van der Waals surface area contributed by atoms with Crippen LogP contribution in [0.2, 0.25) is 0 Å². The number of hydrogen-bond donors (Lipinski definition) is 0. The summed E-state index contributed by atoms with van der Waals surface area (Å²) < 4.78 is 4.54. The van der Waals surface area contributed by atoms with Crippen LogP contribution >= 0.6 is 0 Å². The minimum absolute atomic E-state index is 0.797. The first-order chi connectivity index (χ1) is 31.7. The SMILES string of the molecule is c1ccc(-c2nnc(-c3ccc(-c4ccccc4-c4ccccc4-c4ccc(-n5c6ccccc6c6cc(-c7ccc8ccccc8c7)ccc65)cc4)cc3)n2-c2ccccc2)cc1. The molecule has 0 spiro atoms. The average molecular weight is 817 g/mol. The maximum atomic E-state index is 4.74. The fourth-order valence-corrected chi connectivity index (χ4v) is 9.39. The van der Waals surface area contributed by atoms with Gasteiger partial charge in [-0.2, -0.15) is 0 Å². The summed E-state index contributed by atoms with van der Waals surface area (Å²) in [5.74, 6) is 1.60. The molecule has 0 aliphatic heterocycles. The number of benzene rings is 10. The van der Waals surface area contributed by atoms with Gasteiger partial charge in [-0.3, -0.25) is 4.57 Å². The lowest BCUT2D eigenvalue weighted by Crippen LogP contribution is -2.00. The van der Waals surface area contributed by atoms with E-state index < -0.39 is 0 Å². The molecule has 0 N–H and O–H groups in total. The Kier molecular flexibility index (Phi) is 9.12. The Bertz CT molecular complexity index is 3640. The third-order valence-electron chi connectivity index (χ3n) is 12.5. The fraction of sp³-hybridized carbons (Fsp3) is 0. The zero-order valence-electron chi connectivity index (χ0n) is 34.9. The molecule has 0 saturated heterocycles. The molecule has 0 unspecified atom stereocenters. The van der Waals surface area contributed by atoms with Gasteiger partial charge in [0.25, 0.3) is 0 Å². The highest BCUT2D eigenvalue weighted by atomic mass is 15.3. The van der Waals surface area contributed by atoms with Gasteiger partial charge in [0.1, 0.15) is 0 Å². The lowest BCUT2D eigenvalue weighted by molar-refractivity contribution is 1.07. The number of rotatable bonds is 8. The average Bonchev–Trinajstić information content (AvgIpc) is 3.97. The number of hydrogen-bond acceptors (Lipinski definition) is 2. The van der Waals surface area contributed by atoms with Crippen molar-refractivity contribution in [1.82, 2.24) is 19.3 Å². The molecule has 0 aliphatic rings. The molecule has 0 aliphatic carbocycles. The number of para-hydroxylation sites is 2. The summed E-state index contributed by atoms with van der Waals surface area (Å²) in [4.78, 5) is 0. The van der Waals surface area contributed by atoms with Crippen molar-refractivity contribution >= 4 is 32.6 Å². The number of fused-ring (bicyclic) bond motifs is 4. The summed E-state index contributed by atoms with van der Waals surface area (Å²) in [6.45, 7) is 0. The molecule has 10 aromatic carbocycles. The zero-order chi connectivity index (χ0) is 42.4. The summed E-state index contributed by atoms with van der Waals surface area (Å²) >= 11 is 0. The Morgan fingerprint density at radius 2 is 0.703 bits per heavy atom. The number of nitrogens with zero attached hydrogens (tertiary/aromatic N) is 4. The van der Waals surface area contributed by atoms with Crippen LogP contribution in [0.4, 0.5) is 0 Å². The summed E-state index contributed by atoms with van der Waals surface area (Å²) in [5, 5.41) is 14.4. The Hall–Kier alpha value is -8.60. The summed E-state index contributed by atoms with van der Waals surface area (Å²) in [6, 6.07) is 86.8.